The highest BCUT2D eigenvalue weighted by molar-refractivity contribution is 6.35. The average Bonchev–Trinajstić information content (AvgIpc) is 3.08. The quantitative estimate of drug-likeness (QED) is 0.742. The molecule has 0 aliphatic carbocycles. The van der Waals surface area contributed by atoms with E-state index in [-0.39, 0.29) is 23.9 Å². The number of hydrogen-bond donors (Lipinski definition) is 0. The van der Waals surface area contributed by atoms with E-state index in [0.717, 1.165) is 32.1 Å². The van der Waals surface area contributed by atoms with E-state index in [1.165, 1.54) is 0 Å². The minimum absolute atomic E-state index is 0.165. The second-order valence-corrected chi connectivity index (χ2v) is 6.87. The van der Waals surface area contributed by atoms with Gasteiger partial charge in [-0.15, -0.1) is 0 Å². The average molecular weight is 318 g/mol. The molecule has 0 N–H and O–H groups in total. The molecule has 2 saturated heterocycles. The molecule has 6 heteroatoms. The van der Waals surface area contributed by atoms with Crippen molar-refractivity contribution < 1.29 is 9.59 Å². The third-order valence-electron chi connectivity index (χ3n) is 5.31. The molecule has 2 aliphatic heterocycles. The monoisotopic (exact) mass is 318 g/mol. The van der Waals surface area contributed by atoms with Crippen molar-refractivity contribution >= 4 is 11.8 Å². The van der Waals surface area contributed by atoms with Crippen molar-refractivity contribution in [3.8, 4) is 0 Å². The molecule has 3 rings (SSSR count). The lowest BCUT2D eigenvalue weighted by molar-refractivity contribution is -0.156. The van der Waals surface area contributed by atoms with E-state index in [4.69, 9.17) is 0 Å². The van der Waals surface area contributed by atoms with Crippen LogP contribution in [0.3, 0.4) is 0 Å². The van der Waals surface area contributed by atoms with Gasteiger partial charge in [-0.05, 0) is 46.0 Å². The van der Waals surface area contributed by atoms with Gasteiger partial charge in [0.25, 0.3) is 0 Å². The Morgan fingerprint density at radius 3 is 2.22 bits per heavy atom. The highest BCUT2D eigenvalue weighted by atomic mass is 16.2. The fourth-order valence-electron chi connectivity index (χ4n) is 3.92. The van der Waals surface area contributed by atoms with Crippen molar-refractivity contribution in [2.45, 2.75) is 64.1 Å². The zero-order chi connectivity index (χ0) is 16.4. The third kappa shape index (κ3) is 3.26. The first-order chi connectivity index (χ1) is 11.1. The maximum absolute atomic E-state index is 12.6. The summed E-state index contributed by atoms with van der Waals surface area (Å²) in [6, 6.07) is 0.710. The molecule has 0 saturated carbocycles. The SMILES string of the molecule is C[C@@H]1CCC[C@H](C)N1C(=O)C(=O)N1CCC(n2ccnc2)CC1. The van der Waals surface area contributed by atoms with Crippen molar-refractivity contribution in [3.63, 3.8) is 0 Å². The summed E-state index contributed by atoms with van der Waals surface area (Å²) in [7, 11) is 0. The number of imidazole rings is 1. The Morgan fingerprint density at radius 2 is 1.65 bits per heavy atom. The van der Waals surface area contributed by atoms with E-state index >= 15 is 0 Å². The maximum Gasteiger partial charge on any atom is 0.312 e. The van der Waals surface area contributed by atoms with Crippen LogP contribution in [0.5, 0.6) is 0 Å². The number of amides is 2. The highest BCUT2D eigenvalue weighted by Crippen LogP contribution is 2.25. The van der Waals surface area contributed by atoms with Gasteiger partial charge in [-0.3, -0.25) is 9.59 Å². The number of carbonyl (C=O) groups is 2. The molecule has 2 fully saturated rings. The van der Waals surface area contributed by atoms with Crippen LogP contribution in [0, 0.1) is 0 Å². The van der Waals surface area contributed by atoms with Gasteiger partial charge in [0.05, 0.1) is 6.33 Å². The standard InChI is InChI=1S/C17H26N4O2/c1-13-4-3-5-14(2)21(13)17(23)16(22)19-9-6-15(7-10-19)20-11-8-18-12-20/h8,11-15H,3-7,9-10H2,1-2H3/t13-,14+. The molecular formula is C17H26N4O2. The summed E-state index contributed by atoms with van der Waals surface area (Å²) in [5.74, 6) is -0.638. The Hall–Kier alpha value is -1.85. The normalized spacial score (nSPS) is 26.3. The zero-order valence-electron chi connectivity index (χ0n) is 14.0. The van der Waals surface area contributed by atoms with Crippen molar-refractivity contribution in [1.82, 2.24) is 19.4 Å². The van der Waals surface area contributed by atoms with Crippen LogP contribution in [0.25, 0.3) is 0 Å². The molecule has 126 valence electrons. The van der Waals surface area contributed by atoms with Gasteiger partial charge in [0.2, 0.25) is 0 Å². The smallest absolute Gasteiger partial charge is 0.312 e. The van der Waals surface area contributed by atoms with E-state index in [2.05, 4.69) is 9.55 Å². The van der Waals surface area contributed by atoms with Gasteiger partial charge >= 0.3 is 11.8 Å². The highest BCUT2D eigenvalue weighted by Gasteiger charge is 2.36. The molecule has 0 aromatic carbocycles. The number of rotatable bonds is 1. The molecule has 23 heavy (non-hydrogen) atoms. The summed E-state index contributed by atoms with van der Waals surface area (Å²) in [6.45, 7) is 5.38. The summed E-state index contributed by atoms with van der Waals surface area (Å²) in [6.07, 6.45) is 10.4. The second-order valence-electron chi connectivity index (χ2n) is 6.87. The predicted molar refractivity (Wildman–Crippen MR) is 86.7 cm³/mol. The first-order valence-corrected chi connectivity index (χ1v) is 8.67. The molecule has 2 atom stereocenters. The Morgan fingerprint density at radius 1 is 1.00 bits per heavy atom. The van der Waals surface area contributed by atoms with E-state index in [1.807, 2.05) is 26.4 Å². The number of hydrogen-bond acceptors (Lipinski definition) is 3. The number of piperidine rings is 2. The van der Waals surface area contributed by atoms with Crippen molar-refractivity contribution in [3.05, 3.63) is 18.7 Å². The fraction of sp³-hybridized carbons (Fsp3) is 0.706. The van der Waals surface area contributed by atoms with Gasteiger partial charge in [0.15, 0.2) is 0 Å². The van der Waals surface area contributed by atoms with Crippen molar-refractivity contribution in [2.24, 2.45) is 0 Å². The van der Waals surface area contributed by atoms with Crippen LogP contribution in [0.2, 0.25) is 0 Å². The predicted octanol–water partition coefficient (Wildman–Crippen LogP) is 1.84. The van der Waals surface area contributed by atoms with Gasteiger partial charge in [0, 0.05) is 43.6 Å². The van der Waals surface area contributed by atoms with Crippen LogP contribution >= 0.6 is 0 Å². The summed E-state index contributed by atoms with van der Waals surface area (Å²) >= 11 is 0. The molecule has 0 bridgehead atoms. The van der Waals surface area contributed by atoms with Crippen LogP contribution in [-0.4, -0.2) is 56.3 Å². The van der Waals surface area contributed by atoms with E-state index in [9.17, 15) is 9.59 Å². The van der Waals surface area contributed by atoms with Crippen LogP contribution < -0.4 is 0 Å². The summed E-state index contributed by atoms with van der Waals surface area (Å²) < 4.78 is 2.10. The number of aromatic nitrogens is 2. The minimum Gasteiger partial charge on any atom is -0.334 e. The summed E-state index contributed by atoms with van der Waals surface area (Å²) in [5.41, 5.74) is 0. The maximum atomic E-state index is 12.6. The molecular weight excluding hydrogens is 292 g/mol. The Labute approximate surface area is 137 Å². The van der Waals surface area contributed by atoms with E-state index in [1.54, 1.807) is 16.0 Å². The van der Waals surface area contributed by atoms with Crippen molar-refractivity contribution in [1.29, 1.82) is 0 Å². The van der Waals surface area contributed by atoms with Crippen LogP contribution in [0.4, 0.5) is 0 Å². The molecule has 0 radical (unpaired) electrons. The second kappa shape index (κ2) is 6.72. The lowest BCUT2D eigenvalue weighted by Gasteiger charge is -2.40. The molecule has 1 aromatic rings. The molecule has 6 nitrogen and oxygen atoms in total. The van der Waals surface area contributed by atoms with Crippen LogP contribution in [0.15, 0.2) is 18.7 Å². The Bertz CT molecular complexity index is 539. The lowest BCUT2D eigenvalue weighted by atomic mass is 9.97. The van der Waals surface area contributed by atoms with Gasteiger partial charge in [0.1, 0.15) is 0 Å². The van der Waals surface area contributed by atoms with Gasteiger partial charge in [-0.2, -0.15) is 0 Å². The zero-order valence-corrected chi connectivity index (χ0v) is 14.0. The fourth-order valence-corrected chi connectivity index (χ4v) is 3.92. The Kier molecular flexibility index (Phi) is 4.68. The van der Waals surface area contributed by atoms with Crippen LogP contribution in [-0.2, 0) is 9.59 Å². The lowest BCUT2D eigenvalue weighted by Crippen LogP contribution is -2.54. The molecule has 0 unspecified atom stereocenters. The Balaban J connectivity index is 1.59. The largest absolute Gasteiger partial charge is 0.334 e. The number of likely N-dealkylation sites (tertiary alicyclic amines) is 2. The van der Waals surface area contributed by atoms with Gasteiger partial charge in [-0.1, -0.05) is 0 Å². The summed E-state index contributed by atoms with van der Waals surface area (Å²) in [5, 5.41) is 0. The molecule has 1 aromatic heterocycles. The molecule has 2 amide bonds. The first-order valence-electron chi connectivity index (χ1n) is 8.67. The minimum atomic E-state index is -0.324. The molecule has 2 aliphatic rings. The topological polar surface area (TPSA) is 58.4 Å². The van der Waals surface area contributed by atoms with Crippen LogP contribution in [0.1, 0.15) is 52.0 Å². The van der Waals surface area contributed by atoms with E-state index < -0.39 is 0 Å². The van der Waals surface area contributed by atoms with Gasteiger partial charge in [-0.25, -0.2) is 4.98 Å². The third-order valence-corrected chi connectivity index (χ3v) is 5.31. The number of carbonyl (C=O) groups excluding carboxylic acids is 2. The summed E-state index contributed by atoms with van der Waals surface area (Å²) in [4.78, 5) is 32.8. The van der Waals surface area contributed by atoms with Gasteiger partial charge < -0.3 is 14.4 Å². The van der Waals surface area contributed by atoms with Crippen molar-refractivity contribution in [2.75, 3.05) is 13.1 Å². The van der Waals surface area contributed by atoms with E-state index in [0.29, 0.717) is 19.1 Å². The number of nitrogens with zero attached hydrogens (tertiary/aromatic N) is 4. The first kappa shape index (κ1) is 16.0. The molecule has 0 spiro atoms. The molecule has 3 heterocycles.